The van der Waals surface area contributed by atoms with Crippen LogP contribution in [0.25, 0.3) is 5.69 Å². The van der Waals surface area contributed by atoms with Crippen molar-refractivity contribution in [3.63, 3.8) is 0 Å². The normalized spacial score (nSPS) is 23.0. The number of amides is 1. The zero-order valence-corrected chi connectivity index (χ0v) is 16.8. The van der Waals surface area contributed by atoms with E-state index in [2.05, 4.69) is 25.9 Å². The van der Waals surface area contributed by atoms with Gasteiger partial charge in [0.05, 0.1) is 28.2 Å². The first-order chi connectivity index (χ1) is 12.6. The predicted octanol–water partition coefficient (Wildman–Crippen LogP) is 3.89. The quantitative estimate of drug-likeness (QED) is 0.744. The Labute approximate surface area is 162 Å². The van der Waals surface area contributed by atoms with Crippen LogP contribution < -0.4 is 0 Å². The van der Waals surface area contributed by atoms with E-state index in [0.717, 1.165) is 59.7 Å². The molecule has 2 aliphatic heterocycles. The monoisotopic (exact) mass is 417 g/mol. The van der Waals surface area contributed by atoms with Gasteiger partial charge in [0.15, 0.2) is 0 Å². The lowest BCUT2D eigenvalue weighted by Crippen LogP contribution is -2.52. The van der Waals surface area contributed by atoms with Gasteiger partial charge in [-0.2, -0.15) is 5.10 Å². The van der Waals surface area contributed by atoms with E-state index in [1.54, 1.807) is 0 Å². The Kier molecular flexibility index (Phi) is 4.88. The number of carbonyl (C=O) groups excluding carboxylic acids is 1. The van der Waals surface area contributed by atoms with Crippen LogP contribution in [-0.2, 0) is 4.74 Å². The van der Waals surface area contributed by atoms with Crippen LogP contribution in [0.2, 0.25) is 0 Å². The standard InChI is InChI=1S/C20H24BrN3O2/c1-13-19(21)14(2)24(22-13)17-7-5-15(6-8-17)20(25)23-10-3-4-16-12-26-11-9-18(16)23/h5-8,16,18H,3-4,9-12H2,1-2H3/t16-,18-/m0/s1. The van der Waals surface area contributed by atoms with E-state index in [1.807, 2.05) is 42.8 Å². The fraction of sp³-hybridized carbons (Fsp3) is 0.500. The molecule has 2 aliphatic rings. The fourth-order valence-electron chi connectivity index (χ4n) is 4.20. The zero-order chi connectivity index (χ0) is 18.3. The Balaban J connectivity index is 1.56. The maximum absolute atomic E-state index is 13.1. The third-order valence-electron chi connectivity index (χ3n) is 5.63. The molecular weight excluding hydrogens is 394 g/mol. The molecule has 3 heterocycles. The number of fused-ring (bicyclic) bond motifs is 1. The zero-order valence-electron chi connectivity index (χ0n) is 15.2. The molecule has 0 N–H and O–H groups in total. The molecule has 2 aromatic rings. The number of benzene rings is 1. The molecule has 6 heteroatoms. The highest BCUT2D eigenvalue weighted by Gasteiger charge is 2.36. The summed E-state index contributed by atoms with van der Waals surface area (Å²) in [6.45, 7) is 6.41. The summed E-state index contributed by atoms with van der Waals surface area (Å²) in [6.07, 6.45) is 3.18. The average Bonchev–Trinajstić information content (AvgIpc) is 2.94. The predicted molar refractivity (Wildman–Crippen MR) is 104 cm³/mol. The molecule has 1 amide bonds. The Morgan fingerprint density at radius 2 is 2.00 bits per heavy atom. The Bertz CT molecular complexity index is 813. The van der Waals surface area contributed by atoms with Crippen molar-refractivity contribution in [1.82, 2.24) is 14.7 Å². The molecule has 0 saturated carbocycles. The summed E-state index contributed by atoms with van der Waals surface area (Å²) in [4.78, 5) is 15.2. The molecule has 1 aromatic carbocycles. The summed E-state index contributed by atoms with van der Waals surface area (Å²) >= 11 is 3.57. The minimum atomic E-state index is 0.141. The average molecular weight is 418 g/mol. The van der Waals surface area contributed by atoms with Gasteiger partial charge >= 0.3 is 0 Å². The number of hydrogen-bond acceptors (Lipinski definition) is 3. The molecule has 138 valence electrons. The summed E-state index contributed by atoms with van der Waals surface area (Å²) in [5.41, 5.74) is 3.74. The molecular formula is C20H24BrN3O2. The van der Waals surface area contributed by atoms with Crippen molar-refractivity contribution in [2.75, 3.05) is 19.8 Å². The van der Waals surface area contributed by atoms with Crippen molar-refractivity contribution in [2.45, 2.75) is 39.2 Å². The first-order valence-corrected chi connectivity index (χ1v) is 10.1. The summed E-state index contributed by atoms with van der Waals surface area (Å²) in [7, 11) is 0. The molecule has 5 nitrogen and oxygen atoms in total. The molecule has 2 atom stereocenters. The fourth-order valence-corrected chi connectivity index (χ4v) is 4.45. The molecule has 0 spiro atoms. The SMILES string of the molecule is Cc1nn(-c2ccc(C(=O)N3CCC[C@H]4COCC[C@@H]43)cc2)c(C)c1Br. The molecule has 0 bridgehead atoms. The van der Waals surface area contributed by atoms with Gasteiger partial charge in [-0.1, -0.05) is 0 Å². The molecule has 0 radical (unpaired) electrons. The largest absolute Gasteiger partial charge is 0.381 e. The summed E-state index contributed by atoms with van der Waals surface area (Å²) in [6, 6.07) is 8.13. The number of carbonyl (C=O) groups is 1. The van der Waals surface area contributed by atoms with Crippen LogP contribution in [0, 0.1) is 19.8 Å². The van der Waals surface area contributed by atoms with Crippen molar-refractivity contribution in [3.8, 4) is 5.69 Å². The molecule has 0 aliphatic carbocycles. The summed E-state index contributed by atoms with van der Waals surface area (Å²) in [5, 5.41) is 4.56. The number of rotatable bonds is 2. The van der Waals surface area contributed by atoms with Crippen molar-refractivity contribution in [2.24, 2.45) is 5.92 Å². The van der Waals surface area contributed by atoms with Crippen LogP contribution in [-0.4, -0.2) is 46.4 Å². The minimum Gasteiger partial charge on any atom is -0.381 e. The maximum Gasteiger partial charge on any atom is 0.254 e. The second-order valence-electron chi connectivity index (χ2n) is 7.28. The van der Waals surface area contributed by atoms with Gasteiger partial charge in [0.1, 0.15) is 0 Å². The number of aromatic nitrogens is 2. The van der Waals surface area contributed by atoms with Crippen LogP contribution in [0.15, 0.2) is 28.7 Å². The third kappa shape index (κ3) is 3.09. The Morgan fingerprint density at radius 3 is 2.69 bits per heavy atom. The molecule has 0 unspecified atom stereocenters. The lowest BCUT2D eigenvalue weighted by Gasteiger charge is -2.43. The van der Waals surface area contributed by atoms with Crippen LogP contribution >= 0.6 is 15.9 Å². The van der Waals surface area contributed by atoms with Gasteiger partial charge in [-0.15, -0.1) is 0 Å². The number of nitrogens with zero attached hydrogens (tertiary/aromatic N) is 3. The number of aryl methyl sites for hydroxylation is 1. The van der Waals surface area contributed by atoms with Gasteiger partial charge in [0.2, 0.25) is 0 Å². The van der Waals surface area contributed by atoms with Gasteiger partial charge in [-0.05, 0) is 73.3 Å². The molecule has 2 saturated heterocycles. The van der Waals surface area contributed by atoms with Crippen LogP contribution in [0.3, 0.4) is 0 Å². The number of piperidine rings is 1. The van der Waals surface area contributed by atoms with E-state index >= 15 is 0 Å². The van der Waals surface area contributed by atoms with E-state index < -0.39 is 0 Å². The van der Waals surface area contributed by atoms with Crippen molar-refractivity contribution in [1.29, 1.82) is 0 Å². The van der Waals surface area contributed by atoms with Gasteiger partial charge < -0.3 is 9.64 Å². The lowest BCUT2D eigenvalue weighted by molar-refractivity contribution is -0.0271. The summed E-state index contributed by atoms with van der Waals surface area (Å²) < 4.78 is 8.54. The summed E-state index contributed by atoms with van der Waals surface area (Å²) in [5.74, 6) is 0.635. The van der Waals surface area contributed by atoms with Crippen LogP contribution in [0.1, 0.15) is 41.0 Å². The Hall–Kier alpha value is -1.66. The minimum absolute atomic E-state index is 0.141. The highest BCUT2D eigenvalue weighted by Crippen LogP contribution is 2.31. The maximum atomic E-state index is 13.1. The highest BCUT2D eigenvalue weighted by atomic mass is 79.9. The Morgan fingerprint density at radius 1 is 1.23 bits per heavy atom. The molecule has 4 rings (SSSR count). The number of halogens is 1. The first-order valence-electron chi connectivity index (χ1n) is 9.27. The first kappa shape index (κ1) is 17.7. The number of ether oxygens (including phenoxy) is 1. The second-order valence-corrected chi connectivity index (χ2v) is 8.07. The van der Waals surface area contributed by atoms with Gasteiger partial charge in [-0.25, -0.2) is 4.68 Å². The van der Waals surface area contributed by atoms with Crippen molar-refractivity contribution in [3.05, 3.63) is 45.7 Å². The lowest BCUT2D eigenvalue weighted by atomic mass is 9.86. The van der Waals surface area contributed by atoms with E-state index in [0.29, 0.717) is 12.0 Å². The molecule has 1 aromatic heterocycles. The third-order valence-corrected chi connectivity index (χ3v) is 6.78. The topological polar surface area (TPSA) is 47.4 Å². The number of likely N-dealkylation sites (tertiary alicyclic amines) is 1. The van der Waals surface area contributed by atoms with Gasteiger partial charge in [0, 0.05) is 30.7 Å². The van der Waals surface area contributed by atoms with Gasteiger partial charge in [0.25, 0.3) is 5.91 Å². The van der Waals surface area contributed by atoms with E-state index in [4.69, 9.17) is 4.74 Å². The van der Waals surface area contributed by atoms with Crippen LogP contribution in [0.4, 0.5) is 0 Å². The number of hydrogen-bond donors (Lipinski definition) is 0. The van der Waals surface area contributed by atoms with E-state index in [1.165, 1.54) is 6.42 Å². The smallest absolute Gasteiger partial charge is 0.254 e. The van der Waals surface area contributed by atoms with E-state index in [9.17, 15) is 4.79 Å². The van der Waals surface area contributed by atoms with Gasteiger partial charge in [-0.3, -0.25) is 4.79 Å². The second kappa shape index (κ2) is 7.16. The highest BCUT2D eigenvalue weighted by molar-refractivity contribution is 9.10. The van der Waals surface area contributed by atoms with Crippen molar-refractivity contribution >= 4 is 21.8 Å². The van der Waals surface area contributed by atoms with E-state index in [-0.39, 0.29) is 5.91 Å². The van der Waals surface area contributed by atoms with Crippen LogP contribution in [0.5, 0.6) is 0 Å². The molecule has 26 heavy (non-hydrogen) atoms. The van der Waals surface area contributed by atoms with Crippen molar-refractivity contribution < 1.29 is 9.53 Å². The molecule has 2 fully saturated rings.